The number of nitrogens with zero attached hydrogens (tertiary/aromatic N) is 2. The fraction of sp³-hybridized carbons (Fsp3) is 0.143. The number of carbonyl (C=O) groups is 2. The van der Waals surface area contributed by atoms with Gasteiger partial charge in [-0.15, -0.1) is 11.3 Å². The standard InChI is InChI=1S/C21H17N3O3S/c1-14-5-7-16(8-6-14)21-24-18(13-28-21)10-20(26)27-12-19(25)23-17-4-2-3-15(9-17)11-22/h2-9,13H,10,12H2,1H3,(H,23,25). The molecule has 6 nitrogen and oxygen atoms in total. The molecule has 0 spiro atoms. The molecule has 0 unspecified atom stereocenters. The number of thiazole rings is 1. The molecule has 0 fully saturated rings. The molecule has 1 aromatic heterocycles. The first-order valence-electron chi connectivity index (χ1n) is 8.50. The van der Waals surface area contributed by atoms with Crippen molar-refractivity contribution in [2.75, 3.05) is 11.9 Å². The highest BCUT2D eigenvalue weighted by molar-refractivity contribution is 7.13. The van der Waals surface area contributed by atoms with E-state index in [9.17, 15) is 9.59 Å². The third-order valence-corrected chi connectivity index (χ3v) is 4.76. The first-order chi connectivity index (χ1) is 13.5. The minimum atomic E-state index is -0.526. The molecule has 0 radical (unpaired) electrons. The van der Waals surface area contributed by atoms with Crippen LogP contribution in [-0.4, -0.2) is 23.5 Å². The third kappa shape index (κ3) is 5.25. The van der Waals surface area contributed by atoms with E-state index in [1.165, 1.54) is 16.9 Å². The maximum atomic E-state index is 12.0. The van der Waals surface area contributed by atoms with Crippen molar-refractivity contribution in [1.82, 2.24) is 4.98 Å². The molecule has 1 amide bonds. The second-order valence-electron chi connectivity index (χ2n) is 6.09. The first kappa shape index (κ1) is 19.3. The number of esters is 1. The maximum Gasteiger partial charge on any atom is 0.312 e. The van der Waals surface area contributed by atoms with Crippen LogP contribution in [0.1, 0.15) is 16.8 Å². The van der Waals surface area contributed by atoms with E-state index >= 15 is 0 Å². The summed E-state index contributed by atoms with van der Waals surface area (Å²) in [7, 11) is 0. The second-order valence-corrected chi connectivity index (χ2v) is 6.95. The fourth-order valence-corrected chi connectivity index (χ4v) is 3.25. The summed E-state index contributed by atoms with van der Waals surface area (Å²) in [4.78, 5) is 28.3. The minimum Gasteiger partial charge on any atom is -0.455 e. The summed E-state index contributed by atoms with van der Waals surface area (Å²) in [5.41, 5.74) is 3.67. The lowest BCUT2D eigenvalue weighted by molar-refractivity contribution is -0.146. The molecule has 2 aromatic carbocycles. The highest BCUT2D eigenvalue weighted by Crippen LogP contribution is 2.24. The van der Waals surface area contributed by atoms with Crippen molar-refractivity contribution in [2.24, 2.45) is 0 Å². The maximum absolute atomic E-state index is 12.0. The number of nitriles is 1. The molecule has 3 rings (SSSR count). The van der Waals surface area contributed by atoms with E-state index in [0.29, 0.717) is 16.9 Å². The first-order valence-corrected chi connectivity index (χ1v) is 9.38. The number of nitrogens with one attached hydrogen (secondary N) is 1. The molecule has 0 aliphatic heterocycles. The Morgan fingerprint density at radius 1 is 1.21 bits per heavy atom. The summed E-state index contributed by atoms with van der Waals surface area (Å²) in [6.45, 7) is 1.62. The van der Waals surface area contributed by atoms with E-state index in [1.54, 1.807) is 24.3 Å². The van der Waals surface area contributed by atoms with Crippen molar-refractivity contribution < 1.29 is 14.3 Å². The Morgan fingerprint density at radius 2 is 2.00 bits per heavy atom. The number of benzene rings is 2. The summed E-state index contributed by atoms with van der Waals surface area (Å²) in [5, 5.41) is 14.1. The summed E-state index contributed by atoms with van der Waals surface area (Å²) in [5.74, 6) is -0.997. The van der Waals surface area contributed by atoms with Gasteiger partial charge in [-0.1, -0.05) is 35.9 Å². The van der Waals surface area contributed by atoms with E-state index in [0.717, 1.165) is 10.6 Å². The number of aryl methyl sites for hydroxylation is 1. The molecule has 0 saturated heterocycles. The van der Waals surface area contributed by atoms with Gasteiger partial charge in [0.15, 0.2) is 6.61 Å². The van der Waals surface area contributed by atoms with Crippen molar-refractivity contribution in [3.63, 3.8) is 0 Å². The largest absolute Gasteiger partial charge is 0.455 e. The molecule has 1 N–H and O–H groups in total. The number of carbonyl (C=O) groups excluding carboxylic acids is 2. The lowest BCUT2D eigenvalue weighted by atomic mass is 10.2. The zero-order valence-electron chi connectivity index (χ0n) is 15.1. The molecule has 0 bridgehead atoms. The zero-order chi connectivity index (χ0) is 19.9. The number of hydrogen-bond donors (Lipinski definition) is 1. The zero-order valence-corrected chi connectivity index (χ0v) is 16.0. The van der Waals surface area contributed by atoms with E-state index in [4.69, 9.17) is 10.00 Å². The highest BCUT2D eigenvalue weighted by atomic mass is 32.1. The number of anilines is 1. The summed E-state index contributed by atoms with van der Waals surface area (Å²) in [6.07, 6.45) is -0.000438. The Balaban J connectivity index is 1.49. The Labute approximate surface area is 166 Å². The second kappa shape index (κ2) is 8.93. The van der Waals surface area contributed by atoms with Crippen molar-refractivity contribution in [3.8, 4) is 16.6 Å². The van der Waals surface area contributed by atoms with Gasteiger partial charge >= 0.3 is 5.97 Å². The molecular formula is C21H17N3O3S. The molecule has 3 aromatic rings. The quantitative estimate of drug-likeness (QED) is 0.647. The van der Waals surface area contributed by atoms with Gasteiger partial charge in [0.25, 0.3) is 5.91 Å². The minimum absolute atomic E-state index is 0.000438. The van der Waals surface area contributed by atoms with E-state index in [-0.39, 0.29) is 6.42 Å². The molecule has 7 heteroatoms. The van der Waals surface area contributed by atoms with Gasteiger partial charge in [-0.25, -0.2) is 4.98 Å². The van der Waals surface area contributed by atoms with Crippen LogP contribution in [0.25, 0.3) is 10.6 Å². The lowest BCUT2D eigenvalue weighted by Gasteiger charge is -2.06. The predicted octanol–water partition coefficient (Wildman–Crippen LogP) is 3.71. The number of aromatic nitrogens is 1. The average Bonchev–Trinajstić information content (AvgIpc) is 3.15. The summed E-state index contributed by atoms with van der Waals surface area (Å²) < 4.78 is 5.02. The van der Waals surface area contributed by atoms with Crippen LogP contribution in [-0.2, 0) is 20.7 Å². The van der Waals surface area contributed by atoms with Crippen LogP contribution in [0.15, 0.2) is 53.9 Å². The predicted molar refractivity (Wildman–Crippen MR) is 107 cm³/mol. The Bertz CT molecular complexity index is 1040. The Hall–Kier alpha value is -3.50. The van der Waals surface area contributed by atoms with Gasteiger partial charge in [-0.05, 0) is 25.1 Å². The molecule has 0 saturated carbocycles. The van der Waals surface area contributed by atoms with Gasteiger partial charge in [-0.2, -0.15) is 5.26 Å². The van der Waals surface area contributed by atoms with Gasteiger partial charge in [0.2, 0.25) is 0 Å². The van der Waals surface area contributed by atoms with Gasteiger partial charge in [0.05, 0.1) is 23.7 Å². The van der Waals surface area contributed by atoms with Crippen LogP contribution >= 0.6 is 11.3 Å². The smallest absolute Gasteiger partial charge is 0.312 e. The van der Waals surface area contributed by atoms with Crippen molar-refractivity contribution >= 4 is 28.9 Å². The van der Waals surface area contributed by atoms with E-state index in [1.807, 2.05) is 42.6 Å². The molecule has 1 heterocycles. The van der Waals surface area contributed by atoms with Crippen LogP contribution in [0, 0.1) is 18.3 Å². The van der Waals surface area contributed by atoms with E-state index < -0.39 is 18.5 Å². The Morgan fingerprint density at radius 3 is 2.75 bits per heavy atom. The average molecular weight is 391 g/mol. The van der Waals surface area contributed by atoms with Crippen LogP contribution < -0.4 is 5.32 Å². The Kier molecular flexibility index (Phi) is 6.14. The normalized spacial score (nSPS) is 10.1. The van der Waals surface area contributed by atoms with Crippen LogP contribution in [0.3, 0.4) is 0 Å². The van der Waals surface area contributed by atoms with E-state index in [2.05, 4.69) is 10.3 Å². The topological polar surface area (TPSA) is 92.1 Å². The molecule has 0 aliphatic rings. The molecule has 28 heavy (non-hydrogen) atoms. The molecule has 0 aliphatic carbocycles. The number of amides is 1. The third-order valence-electron chi connectivity index (χ3n) is 3.82. The van der Waals surface area contributed by atoms with Crippen LogP contribution in [0.4, 0.5) is 5.69 Å². The highest BCUT2D eigenvalue weighted by Gasteiger charge is 2.12. The van der Waals surface area contributed by atoms with Gasteiger partial charge < -0.3 is 10.1 Å². The number of rotatable bonds is 6. The SMILES string of the molecule is Cc1ccc(-c2nc(CC(=O)OCC(=O)Nc3cccc(C#N)c3)cs2)cc1. The molecule has 140 valence electrons. The van der Waals surface area contributed by atoms with Crippen molar-refractivity contribution in [1.29, 1.82) is 5.26 Å². The molecular weight excluding hydrogens is 374 g/mol. The molecule has 0 atom stereocenters. The van der Waals surface area contributed by atoms with Gasteiger partial charge in [-0.3, -0.25) is 9.59 Å². The van der Waals surface area contributed by atoms with Crippen molar-refractivity contribution in [2.45, 2.75) is 13.3 Å². The van der Waals surface area contributed by atoms with Crippen LogP contribution in [0.5, 0.6) is 0 Å². The van der Waals surface area contributed by atoms with Gasteiger partial charge in [0, 0.05) is 16.6 Å². The summed E-state index contributed by atoms with van der Waals surface area (Å²) >= 11 is 1.46. The monoisotopic (exact) mass is 391 g/mol. The van der Waals surface area contributed by atoms with Crippen molar-refractivity contribution in [3.05, 3.63) is 70.7 Å². The van der Waals surface area contributed by atoms with Gasteiger partial charge in [0.1, 0.15) is 5.01 Å². The fourth-order valence-electron chi connectivity index (χ4n) is 2.43. The summed E-state index contributed by atoms with van der Waals surface area (Å²) in [6, 6.07) is 16.5. The number of hydrogen-bond acceptors (Lipinski definition) is 6. The lowest BCUT2D eigenvalue weighted by Crippen LogP contribution is -2.21. The number of ether oxygens (including phenoxy) is 1. The van der Waals surface area contributed by atoms with Crippen LogP contribution in [0.2, 0.25) is 0 Å².